The molecule has 3 aromatic heterocycles. The van der Waals surface area contributed by atoms with Crippen LogP contribution in [0.15, 0.2) is 29.5 Å². The number of imidazole rings is 1. The van der Waals surface area contributed by atoms with Crippen LogP contribution in [0.1, 0.15) is 26.8 Å². The number of nitrogens with one attached hydrogen (secondary N) is 2. The molecule has 0 saturated carbocycles. The molecule has 0 amide bonds. The van der Waals surface area contributed by atoms with E-state index in [4.69, 9.17) is 0 Å². The molecule has 2 N–H and O–H groups in total. The van der Waals surface area contributed by atoms with E-state index in [2.05, 4.69) is 44.7 Å². The lowest BCUT2D eigenvalue weighted by atomic mass is 10.3. The highest BCUT2D eigenvalue weighted by Crippen LogP contribution is 2.16. The number of pyridine rings is 1. The first-order chi connectivity index (χ1) is 11.5. The van der Waals surface area contributed by atoms with Gasteiger partial charge in [-0.05, 0) is 38.5 Å². The predicted molar refractivity (Wildman–Crippen MR) is 98.6 cm³/mol. The van der Waals surface area contributed by atoms with Crippen LogP contribution in [-0.4, -0.2) is 27.4 Å². The minimum atomic E-state index is 0.626. The summed E-state index contributed by atoms with van der Waals surface area (Å²) in [5.41, 5.74) is 4.23. The molecule has 6 nitrogen and oxygen atoms in total. The fraction of sp³-hybridized carbons (Fsp3) is 0.353. The van der Waals surface area contributed by atoms with Crippen molar-refractivity contribution in [1.29, 1.82) is 0 Å². The zero-order valence-electron chi connectivity index (χ0n) is 14.4. The van der Waals surface area contributed by atoms with Crippen LogP contribution < -0.4 is 10.6 Å². The maximum Gasteiger partial charge on any atom is 0.191 e. The van der Waals surface area contributed by atoms with Crippen molar-refractivity contribution in [3.05, 3.63) is 51.4 Å². The van der Waals surface area contributed by atoms with Gasteiger partial charge in [-0.2, -0.15) is 0 Å². The van der Waals surface area contributed by atoms with Crippen molar-refractivity contribution < 1.29 is 0 Å². The molecule has 0 aliphatic carbocycles. The van der Waals surface area contributed by atoms with Gasteiger partial charge in [-0.15, -0.1) is 11.3 Å². The first-order valence-corrected chi connectivity index (χ1v) is 8.68. The highest BCUT2D eigenvalue weighted by Gasteiger charge is 2.07. The Kier molecular flexibility index (Phi) is 4.80. The quantitative estimate of drug-likeness (QED) is 0.565. The minimum absolute atomic E-state index is 0.626. The molecule has 0 radical (unpaired) electrons. The Morgan fingerprint density at radius 1 is 1.21 bits per heavy atom. The van der Waals surface area contributed by atoms with Crippen molar-refractivity contribution in [2.45, 2.75) is 33.9 Å². The molecule has 0 fully saturated rings. The molecule has 24 heavy (non-hydrogen) atoms. The third kappa shape index (κ3) is 3.73. The number of thiazole rings is 1. The normalized spacial score (nSPS) is 11.9. The molecular formula is C17H22N6S. The van der Waals surface area contributed by atoms with Crippen LogP contribution in [0.2, 0.25) is 0 Å². The summed E-state index contributed by atoms with van der Waals surface area (Å²) in [5, 5.41) is 7.72. The Hall–Kier alpha value is -2.41. The summed E-state index contributed by atoms with van der Waals surface area (Å²) in [7, 11) is 1.77. The second kappa shape index (κ2) is 7.00. The summed E-state index contributed by atoms with van der Waals surface area (Å²) in [6.45, 7) is 7.48. The van der Waals surface area contributed by atoms with Gasteiger partial charge < -0.3 is 15.0 Å². The Morgan fingerprint density at radius 2 is 2.00 bits per heavy atom. The van der Waals surface area contributed by atoms with Gasteiger partial charge in [-0.1, -0.05) is 0 Å². The van der Waals surface area contributed by atoms with E-state index in [1.54, 1.807) is 18.4 Å². The van der Waals surface area contributed by atoms with Crippen molar-refractivity contribution in [2.75, 3.05) is 7.05 Å². The maximum absolute atomic E-state index is 4.63. The molecule has 3 aromatic rings. The topological polar surface area (TPSA) is 66.6 Å². The minimum Gasteiger partial charge on any atom is -0.351 e. The van der Waals surface area contributed by atoms with Crippen LogP contribution in [0.4, 0.5) is 0 Å². The van der Waals surface area contributed by atoms with Gasteiger partial charge in [-0.3, -0.25) is 4.99 Å². The monoisotopic (exact) mass is 342 g/mol. The van der Waals surface area contributed by atoms with Gasteiger partial charge in [0.1, 0.15) is 5.65 Å². The van der Waals surface area contributed by atoms with Crippen LogP contribution in [0.5, 0.6) is 0 Å². The summed E-state index contributed by atoms with van der Waals surface area (Å²) >= 11 is 1.71. The zero-order chi connectivity index (χ0) is 17.1. The van der Waals surface area contributed by atoms with E-state index in [0.717, 1.165) is 34.5 Å². The summed E-state index contributed by atoms with van der Waals surface area (Å²) in [6.07, 6.45) is 4.06. The maximum atomic E-state index is 4.63. The van der Waals surface area contributed by atoms with Crippen molar-refractivity contribution in [1.82, 2.24) is 25.0 Å². The van der Waals surface area contributed by atoms with Gasteiger partial charge in [0.15, 0.2) is 5.96 Å². The highest BCUT2D eigenvalue weighted by atomic mass is 32.1. The molecule has 0 aliphatic heterocycles. The van der Waals surface area contributed by atoms with Crippen molar-refractivity contribution in [2.24, 2.45) is 4.99 Å². The Bertz CT molecular complexity index is 876. The molecule has 0 spiro atoms. The van der Waals surface area contributed by atoms with E-state index in [9.17, 15) is 0 Å². The number of aromatic nitrogens is 3. The number of fused-ring (bicyclic) bond motifs is 1. The van der Waals surface area contributed by atoms with E-state index in [-0.39, 0.29) is 0 Å². The molecule has 0 unspecified atom stereocenters. The highest BCUT2D eigenvalue weighted by molar-refractivity contribution is 7.11. The predicted octanol–water partition coefficient (Wildman–Crippen LogP) is 2.58. The summed E-state index contributed by atoms with van der Waals surface area (Å²) in [6, 6.07) is 4.15. The standard InChI is InChI=1S/C17H22N6S/c1-11-5-6-23-10-14(22-16(23)7-11)8-19-17(18-4)20-9-15-12(2)21-13(3)24-15/h5-7,10H,8-9H2,1-4H3,(H2,18,19,20). The molecular weight excluding hydrogens is 320 g/mol. The van der Waals surface area contributed by atoms with E-state index >= 15 is 0 Å². The van der Waals surface area contributed by atoms with E-state index in [0.29, 0.717) is 6.54 Å². The molecule has 0 aliphatic rings. The zero-order valence-corrected chi connectivity index (χ0v) is 15.2. The van der Waals surface area contributed by atoms with Crippen LogP contribution >= 0.6 is 11.3 Å². The van der Waals surface area contributed by atoms with Crippen LogP contribution in [0.25, 0.3) is 5.65 Å². The van der Waals surface area contributed by atoms with Gasteiger partial charge in [0.05, 0.1) is 29.5 Å². The molecule has 126 valence electrons. The van der Waals surface area contributed by atoms with Gasteiger partial charge in [0.25, 0.3) is 0 Å². The number of hydrogen-bond donors (Lipinski definition) is 2. The lowest BCUT2D eigenvalue weighted by Crippen LogP contribution is -2.36. The summed E-state index contributed by atoms with van der Waals surface area (Å²) in [5.74, 6) is 0.758. The SMILES string of the molecule is CN=C(NCc1cn2ccc(C)cc2n1)NCc1sc(C)nc1C. The molecule has 3 heterocycles. The molecule has 0 atom stereocenters. The number of rotatable bonds is 4. The number of aliphatic imine (C=N–C) groups is 1. The fourth-order valence-corrected chi connectivity index (χ4v) is 3.39. The number of hydrogen-bond acceptors (Lipinski definition) is 4. The first-order valence-electron chi connectivity index (χ1n) is 7.87. The average Bonchev–Trinajstić information content (AvgIpc) is 3.09. The molecule has 0 saturated heterocycles. The number of aryl methyl sites for hydroxylation is 3. The fourth-order valence-electron chi connectivity index (χ4n) is 2.52. The third-order valence-electron chi connectivity index (χ3n) is 3.74. The third-order valence-corrected chi connectivity index (χ3v) is 4.81. The molecule has 7 heteroatoms. The van der Waals surface area contributed by atoms with Crippen molar-refractivity contribution >= 4 is 22.9 Å². The van der Waals surface area contributed by atoms with Crippen molar-refractivity contribution in [3.8, 4) is 0 Å². The lowest BCUT2D eigenvalue weighted by molar-refractivity contribution is 0.800. The molecule has 0 bridgehead atoms. The molecule has 3 rings (SSSR count). The second-order valence-corrected chi connectivity index (χ2v) is 7.01. The smallest absolute Gasteiger partial charge is 0.191 e. The second-order valence-electron chi connectivity index (χ2n) is 5.72. The van der Waals surface area contributed by atoms with Crippen molar-refractivity contribution in [3.63, 3.8) is 0 Å². The average molecular weight is 342 g/mol. The summed E-state index contributed by atoms with van der Waals surface area (Å²) < 4.78 is 2.03. The Morgan fingerprint density at radius 3 is 2.71 bits per heavy atom. The van der Waals surface area contributed by atoms with Crippen LogP contribution in [0, 0.1) is 20.8 Å². The van der Waals surface area contributed by atoms with Gasteiger partial charge in [0.2, 0.25) is 0 Å². The van der Waals surface area contributed by atoms with Gasteiger partial charge in [0, 0.05) is 24.3 Å². The Labute approximate surface area is 145 Å². The van der Waals surface area contributed by atoms with Gasteiger partial charge >= 0.3 is 0 Å². The van der Waals surface area contributed by atoms with E-state index in [1.807, 2.05) is 30.6 Å². The van der Waals surface area contributed by atoms with Crippen LogP contribution in [-0.2, 0) is 13.1 Å². The van der Waals surface area contributed by atoms with E-state index in [1.165, 1.54) is 10.4 Å². The summed E-state index contributed by atoms with van der Waals surface area (Å²) in [4.78, 5) is 14.6. The van der Waals surface area contributed by atoms with Crippen LogP contribution in [0.3, 0.4) is 0 Å². The van der Waals surface area contributed by atoms with E-state index < -0.39 is 0 Å². The largest absolute Gasteiger partial charge is 0.351 e. The number of nitrogens with zero attached hydrogens (tertiary/aromatic N) is 4. The Balaban J connectivity index is 1.59. The lowest BCUT2D eigenvalue weighted by Gasteiger charge is -2.10. The first kappa shape index (κ1) is 16.4. The van der Waals surface area contributed by atoms with Gasteiger partial charge in [-0.25, -0.2) is 9.97 Å². The number of guanidine groups is 1. The molecule has 0 aromatic carbocycles.